The van der Waals surface area contributed by atoms with Crippen LogP contribution in [0.25, 0.3) is 0 Å². The highest BCUT2D eigenvalue weighted by Gasteiger charge is 2.28. The molecule has 0 aliphatic heterocycles. The Morgan fingerprint density at radius 3 is 0.713 bits per heavy atom. The first-order valence-corrected chi connectivity index (χ1v) is 22.7. The summed E-state index contributed by atoms with van der Waals surface area (Å²) in [5.74, 6) is -20.1. The molecule has 28 nitrogen and oxygen atoms in total. The van der Waals surface area contributed by atoms with Crippen LogP contribution in [0.15, 0.2) is 97.1 Å². The van der Waals surface area contributed by atoms with Crippen LogP contribution in [-0.4, -0.2) is 138 Å². The molecule has 3 atom stereocenters. The van der Waals surface area contributed by atoms with Gasteiger partial charge in [-0.25, -0.2) is 47.9 Å². The van der Waals surface area contributed by atoms with Crippen molar-refractivity contribution in [3.8, 4) is 0 Å². The van der Waals surface area contributed by atoms with E-state index in [1.165, 1.54) is 20.8 Å². The summed E-state index contributed by atoms with van der Waals surface area (Å²) in [7, 11) is 0. The standard InChI is InChI=1S/C46H34O22.2C3H6O3/c1-2-24(40(56)68-46(62)32-17-15-30(16-18-32)44(60)66-36(50)22-20-34(48)64-42(58)28-9-5-26(6-10-28)39(54)55)23-37(51)67-45(61)31-13-11-29(12-14-31)43(59)65-35(49)21-19-33(47)63-41(57)27-7-3-25(4-8-27)38(52)53;2*1-2(4)3(5)6/h3-18,24H,2,19-23H2,1H3,(H,52,53)(H,54,55);2*2,4H,1H3,(H,5,6). The molecule has 0 heterocycles. The number of hydrogen-bond donors (Lipinski definition) is 6. The molecule has 4 aromatic rings. The number of carbonyl (C=O) groups excluding carboxylic acids is 12. The normalized spacial score (nSPS) is 11.2. The minimum absolute atomic E-state index is 0.0516. The van der Waals surface area contributed by atoms with E-state index in [2.05, 4.69) is 18.9 Å². The van der Waals surface area contributed by atoms with Crippen molar-refractivity contribution in [3.63, 3.8) is 0 Å². The first kappa shape index (κ1) is 65.6. The molecule has 4 rings (SSSR count). The van der Waals surface area contributed by atoms with Gasteiger partial charge in [0.25, 0.3) is 0 Å². The van der Waals surface area contributed by atoms with E-state index in [1.807, 2.05) is 0 Å². The van der Waals surface area contributed by atoms with Gasteiger partial charge in [-0.05, 0) is 117 Å². The van der Waals surface area contributed by atoms with Gasteiger partial charge >= 0.3 is 95.5 Å². The molecule has 0 aliphatic rings. The molecule has 0 amide bonds. The number of benzene rings is 4. The Kier molecular flexibility index (Phi) is 26.4. The summed E-state index contributed by atoms with van der Waals surface area (Å²) in [4.78, 5) is 189. The fraction of sp³-hybridized carbons (Fsp3) is 0.231. The molecule has 3 unspecified atom stereocenters. The number of rotatable bonds is 20. The van der Waals surface area contributed by atoms with Crippen LogP contribution < -0.4 is 0 Å². The Labute approximate surface area is 449 Å². The molecular weight excluding hydrogens is 1070 g/mol. The second-order valence-corrected chi connectivity index (χ2v) is 15.8. The van der Waals surface area contributed by atoms with E-state index in [9.17, 15) is 76.7 Å². The lowest BCUT2D eigenvalue weighted by atomic mass is 10.0. The van der Waals surface area contributed by atoms with Crippen molar-refractivity contribution in [1.82, 2.24) is 0 Å². The van der Waals surface area contributed by atoms with E-state index in [0.29, 0.717) is 0 Å². The van der Waals surface area contributed by atoms with Gasteiger partial charge in [-0.15, -0.1) is 0 Å². The van der Waals surface area contributed by atoms with Gasteiger partial charge in [0.1, 0.15) is 12.2 Å². The van der Waals surface area contributed by atoms with Crippen LogP contribution in [0.5, 0.6) is 0 Å². The average Bonchev–Trinajstić information content (AvgIpc) is 3.41. The number of carboxylic acids is 4. The molecule has 0 bridgehead atoms. The van der Waals surface area contributed by atoms with Crippen molar-refractivity contribution in [2.24, 2.45) is 5.92 Å². The van der Waals surface area contributed by atoms with Gasteiger partial charge in [-0.3, -0.25) is 28.8 Å². The monoisotopic (exact) mass is 1120 g/mol. The zero-order chi connectivity index (χ0) is 60.4. The fourth-order valence-electron chi connectivity index (χ4n) is 5.28. The summed E-state index contributed by atoms with van der Waals surface area (Å²) >= 11 is 0. The summed E-state index contributed by atoms with van der Waals surface area (Å²) in [5.41, 5.74) is -1.44. The maximum Gasteiger partial charge on any atom is 0.345 e. The molecule has 0 spiro atoms. The van der Waals surface area contributed by atoms with Gasteiger partial charge in [-0.1, -0.05) is 6.92 Å². The highest BCUT2D eigenvalue weighted by Crippen LogP contribution is 2.17. The maximum atomic E-state index is 12.8. The number of carbonyl (C=O) groups is 16. The molecule has 0 saturated heterocycles. The third-order valence-electron chi connectivity index (χ3n) is 9.69. The molecule has 0 saturated carbocycles. The third kappa shape index (κ3) is 23.2. The van der Waals surface area contributed by atoms with Gasteiger partial charge in [-0.2, -0.15) is 0 Å². The first-order chi connectivity index (χ1) is 37.5. The largest absolute Gasteiger partial charge is 0.479 e. The molecule has 6 N–H and O–H groups in total. The van der Waals surface area contributed by atoms with E-state index in [-0.39, 0.29) is 50.9 Å². The minimum Gasteiger partial charge on any atom is -0.479 e. The van der Waals surface area contributed by atoms with Crippen LogP contribution in [0.3, 0.4) is 0 Å². The van der Waals surface area contributed by atoms with Crippen LogP contribution in [0.2, 0.25) is 0 Å². The van der Waals surface area contributed by atoms with Crippen molar-refractivity contribution in [2.45, 2.75) is 71.5 Å². The average molecular weight is 1120 g/mol. The highest BCUT2D eigenvalue weighted by atomic mass is 16.6. The molecule has 0 aromatic heterocycles. The van der Waals surface area contributed by atoms with E-state index in [1.54, 1.807) is 0 Å². The quantitative estimate of drug-likeness (QED) is 0.0420. The Balaban J connectivity index is 0.00000163. The van der Waals surface area contributed by atoms with Gasteiger partial charge in [0.15, 0.2) is 0 Å². The summed E-state index contributed by atoms with van der Waals surface area (Å²) < 4.78 is 28.1. The van der Waals surface area contributed by atoms with Gasteiger partial charge in [0.05, 0.1) is 82.5 Å². The Bertz CT molecular complexity index is 2990. The Morgan fingerprint density at radius 1 is 0.338 bits per heavy atom. The van der Waals surface area contributed by atoms with Crippen molar-refractivity contribution >= 4 is 95.5 Å². The van der Waals surface area contributed by atoms with Crippen molar-refractivity contribution in [1.29, 1.82) is 0 Å². The van der Waals surface area contributed by atoms with Crippen LogP contribution in [0.1, 0.15) is 142 Å². The highest BCUT2D eigenvalue weighted by molar-refractivity contribution is 6.04. The molecule has 80 heavy (non-hydrogen) atoms. The van der Waals surface area contributed by atoms with E-state index in [0.717, 1.165) is 97.1 Å². The minimum atomic E-state index is -1.27. The predicted molar refractivity (Wildman–Crippen MR) is 258 cm³/mol. The van der Waals surface area contributed by atoms with Crippen LogP contribution >= 0.6 is 0 Å². The molecule has 28 heteroatoms. The summed E-state index contributed by atoms with van der Waals surface area (Å²) in [6.45, 7) is 3.87. The Hall–Kier alpha value is -10.5. The smallest absolute Gasteiger partial charge is 0.345 e. The van der Waals surface area contributed by atoms with Crippen molar-refractivity contribution in [3.05, 3.63) is 142 Å². The number of aliphatic hydroxyl groups excluding tert-OH is 2. The van der Waals surface area contributed by atoms with Gasteiger partial charge in [0, 0.05) is 0 Å². The lowest BCUT2D eigenvalue weighted by Crippen LogP contribution is -2.25. The van der Waals surface area contributed by atoms with Crippen LogP contribution in [0.4, 0.5) is 0 Å². The molecule has 0 radical (unpaired) electrons. The lowest BCUT2D eigenvalue weighted by molar-refractivity contribution is -0.149. The van der Waals surface area contributed by atoms with Gasteiger partial charge in [0.2, 0.25) is 0 Å². The third-order valence-corrected chi connectivity index (χ3v) is 9.69. The van der Waals surface area contributed by atoms with Crippen molar-refractivity contribution < 1.29 is 136 Å². The SMILES string of the molecule is CC(O)C(=O)O.CC(O)C(=O)O.CCC(CC(=O)OC(=O)c1ccc(C(=O)OC(=O)CCC(=O)OC(=O)c2ccc(C(=O)O)cc2)cc1)C(=O)OC(=O)c1ccc(C(=O)OC(=O)CCC(=O)OC(=O)c2ccc(C(=O)O)cc2)cc1. The summed E-state index contributed by atoms with van der Waals surface area (Å²) in [6.07, 6.45) is -5.88. The number of hydrogen-bond acceptors (Lipinski definition) is 24. The number of ether oxygens (including phenoxy) is 6. The Morgan fingerprint density at radius 2 is 0.525 bits per heavy atom. The number of aliphatic carboxylic acids is 2. The second kappa shape index (κ2) is 32.2. The van der Waals surface area contributed by atoms with E-state index in [4.69, 9.17) is 40.1 Å². The zero-order valence-electron chi connectivity index (χ0n) is 41.9. The maximum absolute atomic E-state index is 12.8. The number of carboxylic acid groups (broad SMARTS) is 4. The van der Waals surface area contributed by atoms with E-state index >= 15 is 0 Å². The predicted octanol–water partition coefficient (Wildman–Crippen LogP) is 3.16. The van der Waals surface area contributed by atoms with Crippen LogP contribution in [0, 0.1) is 5.92 Å². The zero-order valence-corrected chi connectivity index (χ0v) is 41.9. The number of aliphatic hydroxyl groups is 2. The summed E-state index contributed by atoms with van der Waals surface area (Å²) in [6, 6.07) is 17.4. The first-order valence-electron chi connectivity index (χ1n) is 22.7. The molecule has 0 fully saturated rings. The molecular formula is C52H46O28. The second-order valence-electron chi connectivity index (χ2n) is 15.8. The number of aromatic carboxylic acids is 2. The molecule has 0 aliphatic carbocycles. The molecule has 422 valence electrons. The van der Waals surface area contributed by atoms with E-state index < -0.39 is 146 Å². The van der Waals surface area contributed by atoms with Crippen molar-refractivity contribution in [2.75, 3.05) is 0 Å². The lowest BCUT2D eigenvalue weighted by Gasteiger charge is -2.12. The topological polar surface area (TPSA) is 450 Å². The summed E-state index contributed by atoms with van der Waals surface area (Å²) in [5, 5.41) is 49.4. The molecule has 4 aromatic carbocycles. The van der Waals surface area contributed by atoms with Gasteiger partial charge < -0.3 is 59.1 Å². The van der Waals surface area contributed by atoms with Crippen LogP contribution in [-0.2, 0) is 66.8 Å². The number of esters is 12. The fourth-order valence-corrected chi connectivity index (χ4v) is 5.28.